The van der Waals surface area contributed by atoms with Gasteiger partial charge in [-0.15, -0.1) is 11.3 Å². The van der Waals surface area contributed by atoms with Crippen LogP contribution >= 0.6 is 11.3 Å². The normalized spacial score (nSPS) is 16.4. The van der Waals surface area contributed by atoms with Gasteiger partial charge in [-0.05, 0) is 12.5 Å². The Balaban J connectivity index is 1.53. The molecule has 1 aliphatic heterocycles. The van der Waals surface area contributed by atoms with Gasteiger partial charge in [-0.2, -0.15) is 0 Å². The molecule has 2 aromatic heterocycles. The average molecular weight is 383 g/mol. The van der Waals surface area contributed by atoms with Gasteiger partial charge in [0.05, 0.1) is 25.2 Å². The van der Waals surface area contributed by atoms with E-state index in [2.05, 4.69) is 15.3 Å². The lowest BCUT2D eigenvalue weighted by Gasteiger charge is -2.18. The molecule has 0 saturated carbocycles. The van der Waals surface area contributed by atoms with Gasteiger partial charge < -0.3 is 20.4 Å². The number of fused-ring (bicyclic) bond motifs is 1. The summed E-state index contributed by atoms with van der Waals surface area (Å²) in [5.74, 6) is 0.724. The second-order valence-electron chi connectivity index (χ2n) is 6.44. The first-order valence-corrected chi connectivity index (χ1v) is 9.71. The highest BCUT2D eigenvalue weighted by atomic mass is 32.1. The van der Waals surface area contributed by atoms with Crippen molar-refractivity contribution in [2.75, 3.05) is 12.3 Å². The third-order valence-electron chi connectivity index (χ3n) is 4.57. The molecule has 1 aromatic carbocycles. The zero-order valence-corrected chi connectivity index (χ0v) is 15.6. The molecule has 0 aliphatic carbocycles. The highest BCUT2D eigenvalue weighted by Gasteiger charge is 2.29. The molecular weight excluding hydrogens is 362 g/mol. The Morgan fingerprint density at radius 1 is 1.37 bits per heavy atom. The first-order chi connectivity index (χ1) is 13.2. The van der Waals surface area contributed by atoms with Crippen LogP contribution in [0.5, 0.6) is 5.75 Å². The molecule has 1 amide bonds. The van der Waals surface area contributed by atoms with Crippen molar-refractivity contribution in [3.8, 4) is 5.75 Å². The minimum Gasteiger partial charge on any atom is -0.493 e. The van der Waals surface area contributed by atoms with Crippen LogP contribution in [-0.4, -0.2) is 27.0 Å². The van der Waals surface area contributed by atoms with E-state index >= 15 is 0 Å². The number of ether oxygens (including phenoxy) is 1. The summed E-state index contributed by atoms with van der Waals surface area (Å²) < 4.78 is 8.10. The number of aryl methyl sites for hydroxylation is 1. The van der Waals surface area contributed by atoms with Gasteiger partial charge in [0.1, 0.15) is 5.75 Å². The Morgan fingerprint density at radius 3 is 3.11 bits per heavy atom. The number of aromatic nitrogens is 3. The predicted octanol–water partition coefficient (Wildman–Crippen LogP) is 2.54. The van der Waals surface area contributed by atoms with Crippen LogP contribution in [0.1, 0.15) is 34.9 Å². The number of para-hydroxylation sites is 1. The van der Waals surface area contributed by atoms with Gasteiger partial charge in [-0.25, -0.2) is 9.97 Å². The maximum atomic E-state index is 12.2. The van der Waals surface area contributed by atoms with Gasteiger partial charge in [0.2, 0.25) is 5.91 Å². The number of nitrogens with one attached hydrogen (secondary N) is 1. The molecule has 1 atom stereocenters. The molecule has 3 aromatic rings. The van der Waals surface area contributed by atoms with Gasteiger partial charge in [-0.1, -0.05) is 18.2 Å². The Kier molecular flexibility index (Phi) is 5.06. The lowest BCUT2D eigenvalue weighted by atomic mass is 9.92. The van der Waals surface area contributed by atoms with E-state index in [4.69, 9.17) is 10.5 Å². The average Bonchev–Trinajstić information content (AvgIpc) is 3.28. The number of anilines is 1. The zero-order valence-electron chi connectivity index (χ0n) is 14.8. The number of nitrogens with two attached hydrogens (primary N) is 1. The molecular formula is C19H21N5O2S. The number of carbonyl (C=O) groups excluding carboxylic acids is 1. The van der Waals surface area contributed by atoms with E-state index in [1.54, 1.807) is 12.5 Å². The smallest absolute Gasteiger partial charge is 0.221 e. The van der Waals surface area contributed by atoms with E-state index in [0.29, 0.717) is 24.7 Å². The number of thiazole rings is 1. The molecule has 27 heavy (non-hydrogen) atoms. The van der Waals surface area contributed by atoms with Crippen LogP contribution in [0.3, 0.4) is 0 Å². The Morgan fingerprint density at radius 2 is 2.26 bits per heavy atom. The van der Waals surface area contributed by atoms with Crippen molar-refractivity contribution in [1.82, 2.24) is 19.9 Å². The van der Waals surface area contributed by atoms with Crippen molar-refractivity contribution in [3.05, 3.63) is 59.1 Å². The topological polar surface area (TPSA) is 95.1 Å². The minimum atomic E-state index is -0.0952. The molecule has 0 unspecified atom stereocenters. The molecule has 140 valence electrons. The number of carbonyl (C=O) groups is 1. The van der Waals surface area contributed by atoms with E-state index < -0.39 is 0 Å². The second kappa shape index (κ2) is 7.79. The number of nitrogens with zero attached hydrogens (tertiary/aromatic N) is 3. The largest absolute Gasteiger partial charge is 0.493 e. The van der Waals surface area contributed by atoms with Crippen LogP contribution in [-0.2, 0) is 17.9 Å². The maximum Gasteiger partial charge on any atom is 0.221 e. The fourth-order valence-corrected chi connectivity index (χ4v) is 4.28. The van der Waals surface area contributed by atoms with E-state index in [-0.39, 0.29) is 11.8 Å². The zero-order chi connectivity index (χ0) is 18.6. The van der Waals surface area contributed by atoms with Gasteiger partial charge in [0, 0.05) is 41.7 Å². The Bertz CT molecular complexity index is 922. The van der Waals surface area contributed by atoms with Crippen LogP contribution in [0.2, 0.25) is 0 Å². The van der Waals surface area contributed by atoms with Crippen molar-refractivity contribution in [1.29, 1.82) is 0 Å². The van der Waals surface area contributed by atoms with Gasteiger partial charge in [-0.3, -0.25) is 4.79 Å². The van der Waals surface area contributed by atoms with Crippen molar-refractivity contribution in [2.24, 2.45) is 0 Å². The molecule has 7 nitrogen and oxygen atoms in total. The number of amides is 1. The molecule has 4 rings (SSSR count). The van der Waals surface area contributed by atoms with E-state index in [9.17, 15) is 4.79 Å². The first kappa shape index (κ1) is 17.5. The quantitative estimate of drug-likeness (QED) is 0.638. The predicted molar refractivity (Wildman–Crippen MR) is 104 cm³/mol. The maximum absolute atomic E-state index is 12.2. The van der Waals surface area contributed by atoms with Gasteiger partial charge in [0.25, 0.3) is 0 Å². The summed E-state index contributed by atoms with van der Waals surface area (Å²) in [6.07, 6.45) is 6.74. The fraction of sp³-hybridized carbons (Fsp3) is 0.316. The number of imidazole rings is 1. The Hall–Kier alpha value is -2.87. The summed E-state index contributed by atoms with van der Waals surface area (Å²) in [5, 5.41) is 3.43. The summed E-state index contributed by atoms with van der Waals surface area (Å²) in [5.41, 5.74) is 7.78. The number of hydrogen-bond donors (Lipinski definition) is 2. The summed E-state index contributed by atoms with van der Waals surface area (Å²) in [6, 6.07) is 7.90. The summed E-state index contributed by atoms with van der Waals surface area (Å²) >= 11 is 1.45. The SMILES string of the molecule is Nc1nc2c(s1)[C@@H](c1ccccc1OCCCn1ccnc1)CC(=O)NC2. The van der Waals surface area contributed by atoms with Gasteiger partial charge >= 0.3 is 0 Å². The summed E-state index contributed by atoms with van der Waals surface area (Å²) in [4.78, 5) is 21.7. The fourth-order valence-electron chi connectivity index (χ4n) is 3.31. The van der Waals surface area contributed by atoms with Gasteiger partial charge in [0.15, 0.2) is 5.13 Å². The molecule has 3 N–H and O–H groups in total. The molecule has 3 heterocycles. The van der Waals surface area contributed by atoms with Crippen LogP contribution in [0, 0.1) is 0 Å². The van der Waals surface area contributed by atoms with Crippen LogP contribution in [0.25, 0.3) is 0 Å². The van der Waals surface area contributed by atoms with Crippen LogP contribution < -0.4 is 15.8 Å². The van der Waals surface area contributed by atoms with E-state index in [1.807, 2.05) is 35.0 Å². The summed E-state index contributed by atoms with van der Waals surface area (Å²) in [6.45, 7) is 1.86. The van der Waals surface area contributed by atoms with E-state index in [0.717, 1.165) is 34.8 Å². The monoisotopic (exact) mass is 383 g/mol. The Labute approximate surface area is 161 Å². The number of nitrogen functional groups attached to an aromatic ring is 1. The van der Waals surface area contributed by atoms with Crippen molar-refractivity contribution >= 4 is 22.4 Å². The molecule has 1 aliphatic rings. The first-order valence-electron chi connectivity index (χ1n) is 8.90. The number of rotatable bonds is 6. The highest BCUT2D eigenvalue weighted by molar-refractivity contribution is 7.15. The second-order valence-corrected chi connectivity index (χ2v) is 7.50. The molecule has 0 bridgehead atoms. The molecule has 0 radical (unpaired) electrons. The minimum absolute atomic E-state index is 0.0127. The molecule has 0 fully saturated rings. The van der Waals surface area contributed by atoms with E-state index in [1.165, 1.54) is 11.3 Å². The number of benzene rings is 1. The molecule has 0 spiro atoms. The third kappa shape index (κ3) is 3.95. The third-order valence-corrected chi connectivity index (χ3v) is 5.62. The van der Waals surface area contributed by atoms with Crippen LogP contribution in [0.15, 0.2) is 43.0 Å². The lowest BCUT2D eigenvalue weighted by molar-refractivity contribution is -0.121. The van der Waals surface area contributed by atoms with Crippen molar-refractivity contribution < 1.29 is 9.53 Å². The van der Waals surface area contributed by atoms with Crippen molar-refractivity contribution in [2.45, 2.75) is 31.8 Å². The van der Waals surface area contributed by atoms with Crippen molar-refractivity contribution in [3.63, 3.8) is 0 Å². The van der Waals surface area contributed by atoms with Crippen LogP contribution in [0.4, 0.5) is 5.13 Å². The molecule has 8 heteroatoms. The summed E-state index contributed by atoms with van der Waals surface area (Å²) in [7, 11) is 0. The molecule has 0 saturated heterocycles. The lowest BCUT2D eigenvalue weighted by Crippen LogP contribution is -2.21. The standard InChI is InChI=1S/C19H21N5O2S/c20-19-23-15-11-22-17(25)10-14(18(15)27-19)13-4-1-2-5-16(13)26-9-3-7-24-8-6-21-12-24/h1-2,4-6,8,12,14H,3,7,9-11H2,(H2,20,23)(H,22,25)/t14-/m1/s1. The highest BCUT2D eigenvalue weighted by Crippen LogP contribution is 2.40. The number of hydrogen-bond acceptors (Lipinski definition) is 6.